The molecule has 1 atom stereocenters. The van der Waals surface area contributed by atoms with Crippen molar-refractivity contribution < 1.29 is 9.47 Å². The van der Waals surface area contributed by atoms with Gasteiger partial charge in [-0.2, -0.15) is 0 Å². The summed E-state index contributed by atoms with van der Waals surface area (Å²) in [5, 5.41) is 8.56. The maximum absolute atomic E-state index is 5.71. The second-order valence-electron chi connectivity index (χ2n) is 5.73. The van der Waals surface area contributed by atoms with Crippen molar-refractivity contribution in [2.75, 3.05) is 20.3 Å². The lowest BCUT2D eigenvalue weighted by molar-refractivity contribution is 0.0183. The molecule has 1 aliphatic heterocycles. The fourth-order valence-corrected chi connectivity index (χ4v) is 2.35. The Morgan fingerprint density at radius 3 is 2.83 bits per heavy atom. The van der Waals surface area contributed by atoms with E-state index in [4.69, 9.17) is 9.47 Å². The number of aromatic nitrogens is 3. The van der Waals surface area contributed by atoms with Crippen LogP contribution in [0.2, 0.25) is 0 Å². The van der Waals surface area contributed by atoms with Crippen molar-refractivity contribution in [1.29, 1.82) is 0 Å². The van der Waals surface area contributed by atoms with Crippen LogP contribution in [-0.2, 0) is 22.4 Å². The number of ether oxygens (including phenoxy) is 2. The van der Waals surface area contributed by atoms with Crippen molar-refractivity contribution in [3.8, 4) is 0 Å². The molecule has 0 aliphatic carbocycles. The van der Waals surface area contributed by atoms with E-state index in [2.05, 4.69) is 28.6 Å². The zero-order chi connectivity index (χ0) is 13.2. The van der Waals surface area contributed by atoms with E-state index < -0.39 is 0 Å². The summed E-state index contributed by atoms with van der Waals surface area (Å²) in [7, 11) is 1.68. The highest BCUT2D eigenvalue weighted by atomic mass is 16.5. The highest BCUT2D eigenvalue weighted by Gasteiger charge is 2.29. The first kappa shape index (κ1) is 13.5. The van der Waals surface area contributed by atoms with Crippen molar-refractivity contribution in [2.24, 2.45) is 5.41 Å². The Kier molecular flexibility index (Phi) is 4.02. The number of hydrogen-bond donors (Lipinski definition) is 0. The molecule has 1 unspecified atom stereocenters. The Balaban J connectivity index is 2.08. The molecule has 0 saturated heterocycles. The number of methoxy groups -OCH3 is 1. The van der Waals surface area contributed by atoms with E-state index in [1.165, 1.54) is 6.42 Å². The van der Waals surface area contributed by atoms with Crippen molar-refractivity contribution in [3.05, 3.63) is 11.6 Å². The highest BCUT2D eigenvalue weighted by molar-refractivity contribution is 5.03. The standard InChI is InChI=1S/C13H23N3O2/c1-10(18-8-7-17-4)12-15-14-11-5-6-13(2,3)9-16(11)12/h10H,5-9H2,1-4H3. The van der Waals surface area contributed by atoms with Crippen LogP contribution in [0.3, 0.4) is 0 Å². The fraction of sp³-hybridized carbons (Fsp3) is 0.846. The van der Waals surface area contributed by atoms with Gasteiger partial charge in [0.25, 0.3) is 0 Å². The minimum atomic E-state index is -0.0321. The lowest BCUT2D eigenvalue weighted by Crippen LogP contribution is -2.29. The molecule has 2 rings (SSSR count). The number of fused-ring (bicyclic) bond motifs is 1. The summed E-state index contributed by atoms with van der Waals surface area (Å²) < 4.78 is 12.9. The zero-order valence-corrected chi connectivity index (χ0v) is 11.8. The van der Waals surface area contributed by atoms with E-state index in [0.29, 0.717) is 18.6 Å². The Morgan fingerprint density at radius 2 is 2.11 bits per heavy atom. The van der Waals surface area contributed by atoms with Crippen molar-refractivity contribution in [3.63, 3.8) is 0 Å². The minimum Gasteiger partial charge on any atom is -0.382 e. The van der Waals surface area contributed by atoms with Crippen LogP contribution >= 0.6 is 0 Å². The predicted octanol–water partition coefficient (Wildman–Crippen LogP) is 1.97. The Bertz CT molecular complexity index is 401. The van der Waals surface area contributed by atoms with Gasteiger partial charge in [-0.1, -0.05) is 13.8 Å². The van der Waals surface area contributed by atoms with Crippen LogP contribution < -0.4 is 0 Å². The highest BCUT2D eigenvalue weighted by Crippen LogP contribution is 2.32. The molecule has 2 heterocycles. The summed E-state index contributed by atoms with van der Waals surface area (Å²) in [5.41, 5.74) is 0.316. The third-order valence-electron chi connectivity index (χ3n) is 3.49. The van der Waals surface area contributed by atoms with Crippen molar-refractivity contribution in [2.45, 2.75) is 46.3 Å². The number of aryl methyl sites for hydroxylation is 1. The van der Waals surface area contributed by atoms with Crippen LogP contribution in [0, 0.1) is 5.41 Å². The lowest BCUT2D eigenvalue weighted by atomic mass is 9.85. The van der Waals surface area contributed by atoms with Crippen LogP contribution in [-0.4, -0.2) is 35.1 Å². The second-order valence-corrected chi connectivity index (χ2v) is 5.73. The van der Waals surface area contributed by atoms with Gasteiger partial charge in [0.05, 0.1) is 13.2 Å². The van der Waals surface area contributed by atoms with Gasteiger partial charge < -0.3 is 14.0 Å². The third-order valence-corrected chi connectivity index (χ3v) is 3.49. The van der Waals surface area contributed by atoms with Gasteiger partial charge in [0.1, 0.15) is 11.9 Å². The van der Waals surface area contributed by atoms with Crippen molar-refractivity contribution >= 4 is 0 Å². The summed E-state index contributed by atoms with van der Waals surface area (Å²) in [5.74, 6) is 2.03. The Labute approximate surface area is 108 Å². The van der Waals surface area contributed by atoms with Gasteiger partial charge in [-0.05, 0) is 18.8 Å². The molecule has 1 aliphatic rings. The molecule has 0 spiro atoms. The molecule has 18 heavy (non-hydrogen) atoms. The monoisotopic (exact) mass is 253 g/mol. The van der Waals surface area contributed by atoms with Crippen LogP contribution in [0.25, 0.3) is 0 Å². The number of hydrogen-bond acceptors (Lipinski definition) is 4. The minimum absolute atomic E-state index is 0.0321. The molecule has 0 saturated carbocycles. The molecule has 0 fully saturated rings. The van der Waals surface area contributed by atoms with E-state index >= 15 is 0 Å². The van der Waals surface area contributed by atoms with E-state index in [0.717, 1.165) is 24.6 Å². The van der Waals surface area contributed by atoms with E-state index in [9.17, 15) is 0 Å². The predicted molar refractivity (Wildman–Crippen MR) is 68.4 cm³/mol. The van der Waals surface area contributed by atoms with Gasteiger partial charge in [-0.3, -0.25) is 0 Å². The summed E-state index contributed by atoms with van der Waals surface area (Å²) in [6.45, 7) is 8.77. The topological polar surface area (TPSA) is 49.2 Å². The largest absolute Gasteiger partial charge is 0.382 e. The molecule has 1 aromatic rings. The first-order chi connectivity index (χ1) is 8.53. The fourth-order valence-electron chi connectivity index (χ4n) is 2.35. The molecule has 102 valence electrons. The summed E-state index contributed by atoms with van der Waals surface area (Å²) in [6.07, 6.45) is 2.14. The molecule has 0 N–H and O–H groups in total. The summed E-state index contributed by atoms with van der Waals surface area (Å²) in [6, 6.07) is 0. The van der Waals surface area contributed by atoms with Crippen LogP contribution in [0.5, 0.6) is 0 Å². The van der Waals surface area contributed by atoms with E-state index in [-0.39, 0.29) is 6.10 Å². The molecule has 5 heteroatoms. The first-order valence-electron chi connectivity index (χ1n) is 6.56. The van der Waals surface area contributed by atoms with Gasteiger partial charge >= 0.3 is 0 Å². The Morgan fingerprint density at radius 1 is 1.33 bits per heavy atom. The van der Waals surface area contributed by atoms with E-state index in [1.807, 2.05) is 6.92 Å². The maximum Gasteiger partial charge on any atom is 0.161 e. The third kappa shape index (κ3) is 2.90. The first-order valence-corrected chi connectivity index (χ1v) is 6.56. The molecule has 5 nitrogen and oxygen atoms in total. The number of nitrogens with zero attached hydrogens (tertiary/aromatic N) is 3. The molecule has 0 bridgehead atoms. The summed E-state index contributed by atoms with van der Waals surface area (Å²) in [4.78, 5) is 0. The second kappa shape index (κ2) is 5.36. The van der Waals surface area contributed by atoms with Crippen LogP contribution in [0.4, 0.5) is 0 Å². The normalized spacial score (nSPS) is 19.6. The SMILES string of the molecule is COCCOC(C)c1nnc2n1CC(C)(C)CC2. The zero-order valence-electron chi connectivity index (χ0n) is 11.8. The molecule has 1 aromatic heterocycles. The number of rotatable bonds is 5. The Hall–Kier alpha value is -0.940. The van der Waals surface area contributed by atoms with Gasteiger partial charge in [0.2, 0.25) is 0 Å². The molecule has 0 amide bonds. The van der Waals surface area contributed by atoms with Crippen LogP contribution in [0.15, 0.2) is 0 Å². The maximum atomic E-state index is 5.71. The van der Waals surface area contributed by atoms with Gasteiger partial charge in [-0.15, -0.1) is 10.2 Å². The van der Waals surface area contributed by atoms with Gasteiger partial charge in [0, 0.05) is 20.1 Å². The quantitative estimate of drug-likeness (QED) is 0.753. The molecule has 0 aromatic carbocycles. The molecule has 0 radical (unpaired) electrons. The average molecular weight is 253 g/mol. The smallest absolute Gasteiger partial charge is 0.161 e. The summed E-state index contributed by atoms with van der Waals surface area (Å²) >= 11 is 0. The molecular weight excluding hydrogens is 230 g/mol. The molecular formula is C13H23N3O2. The van der Waals surface area contributed by atoms with Crippen LogP contribution in [0.1, 0.15) is 44.9 Å². The van der Waals surface area contributed by atoms with Gasteiger partial charge in [-0.25, -0.2) is 0 Å². The lowest BCUT2D eigenvalue weighted by Gasteiger charge is -2.31. The van der Waals surface area contributed by atoms with E-state index in [1.54, 1.807) is 7.11 Å². The average Bonchev–Trinajstić information content (AvgIpc) is 2.70. The van der Waals surface area contributed by atoms with Gasteiger partial charge in [0.15, 0.2) is 5.82 Å². The van der Waals surface area contributed by atoms with Crippen molar-refractivity contribution in [1.82, 2.24) is 14.8 Å².